The molecule has 1 aromatic carbocycles. The first kappa shape index (κ1) is 11.7. The molecule has 0 spiro atoms. The van der Waals surface area contributed by atoms with Crippen LogP contribution < -0.4 is 0 Å². The second-order valence-electron chi connectivity index (χ2n) is 5.05. The van der Waals surface area contributed by atoms with E-state index < -0.39 is 0 Å². The van der Waals surface area contributed by atoms with Crippen molar-refractivity contribution >= 4 is 0 Å². The van der Waals surface area contributed by atoms with E-state index in [1.165, 1.54) is 51.4 Å². The Balaban J connectivity index is 2.37. The monoisotopic (exact) mass is 216 g/mol. The molecule has 0 unspecified atom stereocenters. The summed E-state index contributed by atoms with van der Waals surface area (Å²) >= 11 is 0. The molecule has 1 aliphatic rings. The molecule has 88 valence electrons. The summed E-state index contributed by atoms with van der Waals surface area (Å²) in [5.74, 6) is 0. The highest BCUT2D eigenvalue weighted by Crippen LogP contribution is 2.29. The molecule has 0 heterocycles. The predicted octanol–water partition coefficient (Wildman–Crippen LogP) is 4.47. The fraction of sp³-hybridized carbons (Fsp3) is 0.625. The maximum absolute atomic E-state index is 2.40. The normalized spacial score (nSPS) is 14.9. The van der Waals surface area contributed by atoms with Crippen LogP contribution in [0.5, 0.6) is 0 Å². The molecule has 2 rings (SSSR count). The van der Waals surface area contributed by atoms with Crippen molar-refractivity contribution in [2.45, 2.75) is 65.2 Å². The van der Waals surface area contributed by atoms with Crippen molar-refractivity contribution in [1.29, 1.82) is 0 Å². The molecule has 0 aromatic heterocycles. The summed E-state index contributed by atoms with van der Waals surface area (Å²) in [6.45, 7) is 4.57. The first-order valence-electron chi connectivity index (χ1n) is 6.99. The Kier molecular flexibility index (Phi) is 4.04. The van der Waals surface area contributed by atoms with Gasteiger partial charge in [-0.3, -0.25) is 0 Å². The quantitative estimate of drug-likeness (QED) is 0.696. The van der Waals surface area contributed by atoms with Crippen molar-refractivity contribution in [3.63, 3.8) is 0 Å². The highest BCUT2D eigenvalue weighted by atomic mass is 14.2. The fourth-order valence-electron chi connectivity index (χ4n) is 3.02. The third-order valence-electron chi connectivity index (χ3n) is 3.77. The summed E-state index contributed by atoms with van der Waals surface area (Å²) in [6, 6.07) is 4.80. The van der Waals surface area contributed by atoms with Gasteiger partial charge >= 0.3 is 0 Å². The number of hydrogen-bond donors (Lipinski definition) is 0. The van der Waals surface area contributed by atoms with Crippen LogP contribution in [0.1, 0.15) is 61.8 Å². The molecule has 0 atom stereocenters. The second kappa shape index (κ2) is 5.52. The van der Waals surface area contributed by atoms with Crippen LogP contribution in [0.25, 0.3) is 0 Å². The Hall–Kier alpha value is -0.780. The summed E-state index contributed by atoms with van der Waals surface area (Å²) in [7, 11) is 0. The summed E-state index contributed by atoms with van der Waals surface area (Å²) in [5, 5.41) is 0. The largest absolute Gasteiger partial charge is 0.0651 e. The van der Waals surface area contributed by atoms with E-state index in [9.17, 15) is 0 Å². The summed E-state index contributed by atoms with van der Waals surface area (Å²) in [4.78, 5) is 0. The Morgan fingerprint density at radius 3 is 1.62 bits per heavy atom. The SMILES string of the molecule is CCCc1ccc(CCC)c2c1CCCC2. The van der Waals surface area contributed by atoms with Gasteiger partial charge in [-0.25, -0.2) is 0 Å². The molecular weight excluding hydrogens is 192 g/mol. The molecular formula is C16H24. The Labute approximate surface area is 100 Å². The number of rotatable bonds is 4. The lowest BCUT2D eigenvalue weighted by atomic mass is 9.83. The molecule has 1 aromatic rings. The lowest BCUT2D eigenvalue weighted by molar-refractivity contribution is 0.667. The predicted molar refractivity (Wildman–Crippen MR) is 71.1 cm³/mol. The fourth-order valence-corrected chi connectivity index (χ4v) is 3.02. The summed E-state index contributed by atoms with van der Waals surface area (Å²) in [5.41, 5.74) is 6.72. The van der Waals surface area contributed by atoms with Crippen molar-refractivity contribution < 1.29 is 0 Å². The van der Waals surface area contributed by atoms with Gasteiger partial charge in [0.1, 0.15) is 0 Å². The van der Waals surface area contributed by atoms with Crippen LogP contribution in [0, 0.1) is 0 Å². The summed E-state index contributed by atoms with van der Waals surface area (Å²) < 4.78 is 0. The molecule has 0 N–H and O–H groups in total. The summed E-state index contributed by atoms with van der Waals surface area (Å²) in [6.07, 6.45) is 10.6. The second-order valence-corrected chi connectivity index (χ2v) is 5.05. The zero-order valence-electron chi connectivity index (χ0n) is 10.8. The van der Waals surface area contributed by atoms with E-state index >= 15 is 0 Å². The first-order chi connectivity index (χ1) is 7.86. The number of hydrogen-bond acceptors (Lipinski definition) is 0. The van der Waals surface area contributed by atoms with Crippen molar-refractivity contribution in [3.05, 3.63) is 34.4 Å². The molecule has 0 nitrogen and oxygen atoms in total. The number of benzene rings is 1. The van der Waals surface area contributed by atoms with Gasteiger partial charge in [0, 0.05) is 0 Å². The molecule has 0 aliphatic heterocycles. The van der Waals surface area contributed by atoms with Gasteiger partial charge < -0.3 is 0 Å². The minimum Gasteiger partial charge on any atom is -0.0651 e. The van der Waals surface area contributed by atoms with Crippen LogP contribution in [0.4, 0.5) is 0 Å². The van der Waals surface area contributed by atoms with Gasteiger partial charge in [-0.05, 0) is 60.8 Å². The van der Waals surface area contributed by atoms with E-state index in [4.69, 9.17) is 0 Å². The highest BCUT2D eigenvalue weighted by molar-refractivity contribution is 5.43. The van der Waals surface area contributed by atoms with Crippen molar-refractivity contribution in [1.82, 2.24) is 0 Å². The van der Waals surface area contributed by atoms with Crippen LogP contribution in [0.2, 0.25) is 0 Å². The van der Waals surface area contributed by atoms with E-state index in [1.807, 2.05) is 0 Å². The highest BCUT2D eigenvalue weighted by Gasteiger charge is 2.15. The smallest absolute Gasteiger partial charge is 0.0273 e. The first-order valence-corrected chi connectivity index (χ1v) is 6.99. The van der Waals surface area contributed by atoms with E-state index in [1.54, 1.807) is 22.3 Å². The van der Waals surface area contributed by atoms with Gasteiger partial charge in [-0.2, -0.15) is 0 Å². The van der Waals surface area contributed by atoms with E-state index in [-0.39, 0.29) is 0 Å². The zero-order chi connectivity index (χ0) is 11.4. The maximum atomic E-state index is 2.40. The molecule has 0 radical (unpaired) electrons. The zero-order valence-corrected chi connectivity index (χ0v) is 10.8. The van der Waals surface area contributed by atoms with E-state index in [0.29, 0.717) is 0 Å². The van der Waals surface area contributed by atoms with Gasteiger partial charge in [0.15, 0.2) is 0 Å². The van der Waals surface area contributed by atoms with Gasteiger partial charge in [0.2, 0.25) is 0 Å². The number of aryl methyl sites for hydroxylation is 2. The minimum absolute atomic E-state index is 1.27. The van der Waals surface area contributed by atoms with Crippen LogP contribution in [0.15, 0.2) is 12.1 Å². The molecule has 0 saturated carbocycles. The van der Waals surface area contributed by atoms with Gasteiger partial charge in [0.05, 0.1) is 0 Å². The van der Waals surface area contributed by atoms with Crippen LogP contribution in [-0.4, -0.2) is 0 Å². The van der Waals surface area contributed by atoms with E-state index in [2.05, 4.69) is 26.0 Å². The third kappa shape index (κ3) is 2.31. The average Bonchev–Trinajstić information content (AvgIpc) is 2.33. The number of fused-ring (bicyclic) bond motifs is 1. The molecule has 0 heteroatoms. The molecule has 0 fully saturated rings. The van der Waals surface area contributed by atoms with Gasteiger partial charge in [0.25, 0.3) is 0 Å². The lowest BCUT2D eigenvalue weighted by Gasteiger charge is -2.22. The Morgan fingerprint density at radius 1 is 0.812 bits per heavy atom. The lowest BCUT2D eigenvalue weighted by Crippen LogP contribution is -2.09. The van der Waals surface area contributed by atoms with Crippen molar-refractivity contribution in [3.8, 4) is 0 Å². The van der Waals surface area contributed by atoms with Crippen LogP contribution in [-0.2, 0) is 25.7 Å². The van der Waals surface area contributed by atoms with Gasteiger partial charge in [-0.15, -0.1) is 0 Å². The van der Waals surface area contributed by atoms with Crippen molar-refractivity contribution in [2.24, 2.45) is 0 Å². The minimum atomic E-state index is 1.27. The third-order valence-corrected chi connectivity index (χ3v) is 3.77. The molecule has 16 heavy (non-hydrogen) atoms. The van der Waals surface area contributed by atoms with E-state index in [0.717, 1.165) is 0 Å². The van der Waals surface area contributed by atoms with Crippen molar-refractivity contribution in [2.75, 3.05) is 0 Å². The maximum Gasteiger partial charge on any atom is -0.0273 e. The standard InChI is InChI=1S/C16H24/c1-3-7-13-11-12-14(8-4-2)16-10-6-5-9-15(13)16/h11-12H,3-10H2,1-2H3. The Bertz CT molecular complexity index is 314. The molecule has 1 aliphatic carbocycles. The van der Waals surface area contributed by atoms with Gasteiger partial charge in [-0.1, -0.05) is 38.8 Å². The average molecular weight is 216 g/mol. The molecule has 0 amide bonds. The van der Waals surface area contributed by atoms with Crippen LogP contribution in [0.3, 0.4) is 0 Å². The Morgan fingerprint density at radius 2 is 1.25 bits per heavy atom. The molecule has 0 bridgehead atoms. The van der Waals surface area contributed by atoms with Crippen LogP contribution >= 0.6 is 0 Å². The topological polar surface area (TPSA) is 0 Å². The molecule has 0 saturated heterocycles.